The maximum atomic E-state index is 5.96. The van der Waals surface area contributed by atoms with Crippen molar-refractivity contribution < 1.29 is 4.74 Å². The van der Waals surface area contributed by atoms with Crippen LogP contribution in [0, 0.1) is 0 Å². The second kappa shape index (κ2) is 8.87. The third-order valence-corrected chi connectivity index (χ3v) is 4.83. The molecular weight excluding hydrogens is 368 g/mol. The molecule has 1 saturated heterocycles. The molecule has 0 bridgehead atoms. The predicted octanol–water partition coefficient (Wildman–Crippen LogP) is 1.54. The molecular formula is C20H26N8O. The van der Waals surface area contributed by atoms with E-state index in [1.165, 1.54) is 6.33 Å². The van der Waals surface area contributed by atoms with E-state index in [0.717, 1.165) is 42.4 Å². The lowest BCUT2D eigenvalue weighted by Gasteiger charge is -2.34. The molecule has 0 saturated carbocycles. The highest BCUT2D eigenvalue weighted by Crippen LogP contribution is 2.21. The van der Waals surface area contributed by atoms with Crippen molar-refractivity contribution in [2.75, 3.05) is 26.2 Å². The summed E-state index contributed by atoms with van der Waals surface area (Å²) < 4.78 is 9.50. The van der Waals surface area contributed by atoms with Gasteiger partial charge in [-0.05, 0) is 24.6 Å². The zero-order valence-corrected chi connectivity index (χ0v) is 16.8. The van der Waals surface area contributed by atoms with Crippen molar-refractivity contribution >= 4 is 5.96 Å². The van der Waals surface area contributed by atoms with Gasteiger partial charge in [0.15, 0.2) is 5.96 Å². The molecule has 1 aromatic carbocycles. The summed E-state index contributed by atoms with van der Waals surface area (Å²) in [6, 6.07) is 8.20. The topological polar surface area (TPSA) is 85.4 Å². The number of hydrogen-bond acceptors (Lipinski definition) is 5. The molecule has 0 spiro atoms. The highest BCUT2D eigenvalue weighted by molar-refractivity contribution is 5.80. The summed E-state index contributed by atoms with van der Waals surface area (Å²) in [6.45, 7) is 5.74. The van der Waals surface area contributed by atoms with Crippen LogP contribution in [0.1, 0.15) is 24.2 Å². The molecule has 9 heteroatoms. The molecule has 1 fully saturated rings. The van der Waals surface area contributed by atoms with Crippen LogP contribution in [0.5, 0.6) is 0 Å². The largest absolute Gasteiger partial charge is 0.370 e. The summed E-state index contributed by atoms with van der Waals surface area (Å²) in [5, 5.41) is 11.8. The number of nitrogens with one attached hydrogen (secondary N) is 1. The Morgan fingerprint density at radius 2 is 2.14 bits per heavy atom. The average molecular weight is 394 g/mol. The number of aromatic nitrogens is 5. The van der Waals surface area contributed by atoms with Crippen molar-refractivity contribution in [1.82, 2.24) is 34.8 Å². The predicted molar refractivity (Wildman–Crippen MR) is 110 cm³/mol. The molecule has 0 amide bonds. The van der Waals surface area contributed by atoms with Crippen LogP contribution in [0.2, 0.25) is 0 Å². The van der Waals surface area contributed by atoms with E-state index in [1.807, 2.05) is 31.6 Å². The number of ether oxygens (including phenoxy) is 1. The van der Waals surface area contributed by atoms with Gasteiger partial charge in [0.2, 0.25) is 0 Å². The molecule has 1 N–H and O–H groups in total. The van der Waals surface area contributed by atoms with Gasteiger partial charge in [-0.25, -0.2) is 14.7 Å². The van der Waals surface area contributed by atoms with E-state index < -0.39 is 0 Å². The Labute approximate surface area is 170 Å². The van der Waals surface area contributed by atoms with Crippen LogP contribution in [-0.2, 0) is 18.3 Å². The van der Waals surface area contributed by atoms with Gasteiger partial charge in [0.1, 0.15) is 18.8 Å². The van der Waals surface area contributed by atoms with Crippen molar-refractivity contribution in [1.29, 1.82) is 0 Å². The monoisotopic (exact) mass is 394 g/mol. The minimum atomic E-state index is 0.00303. The summed E-state index contributed by atoms with van der Waals surface area (Å²) >= 11 is 0. The Bertz CT molecular complexity index is 932. The van der Waals surface area contributed by atoms with Gasteiger partial charge in [-0.15, -0.1) is 0 Å². The molecule has 0 aliphatic carbocycles. The smallest absolute Gasteiger partial charge is 0.194 e. The number of aliphatic imine (C=N–C) groups is 1. The highest BCUT2D eigenvalue weighted by atomic mass is 16.5. The number of benzene rings is 1. The fourth-order valence-electron chi connectivity index (χ4n) is 3.34. The van der Waals surface area contributed by atoms with Gasteiger partial charge in [0, 0.05) is 31.9 Å². The van der Waals surface area contributed by atoms with Gasteiger partial charge < -0.3 is 15.0 Å². The minimum Gasteiger partial charge on any atom is -0.370 e. The summed E-state index contributed by atoms with van der Waals surface area (Å²) in [5.74, 6) is 0.907. The Balaban J connectivity index is 1.44. The first-order valence-corrected chi connectivity index (χ1v) is 9.80. The first-order valence-electron chi connectivity index (χ1n) is 9.80. The highest BCUT2D eigenvalue weighted by Gasteiger charge is 2.25. The number of aryl methyl sites for hydroxylation is 1. The molecule has 0 radical (unpaired) electrons. The Kier molecular flexibility index (Phi) is 5.85. The normalized spacial score (nSPS) is 17.5. The number of nitrogens with zero attached hydrogens (tertiary/aromatic N) is 7. The first kappa shape index (κ1) is 19.1. The molecule has 3 aromatic rings. The maximum Gasteiger partial charge on any atom is 0.194 e. The van der Waals surface area contributed by atoms with E-state index in [9.17, 15) is 0 Å². The van der Waals surface area contributed by atoms with Crippen molar-refractivity contribution in [2.24, 2.45) is 12.0 Å². The summed E-state index contributed by atoms with van der Waals surface area (Å²) in [7, 11) is 1.92. The van der Waals surface area contributed by atoms with E-state index in [2.05, 4.69) is 44.5 Å². The van der Waals surface area contributed by atoms with Gasteiger partial charge in [-0.3, -0.25) is 4.68 Å². The van der Waals surface area contributed by atoms with Gasteiger partial charge in [-0.1, -0.05) is 12.1 Å². The minimum absolute atomic E-state index is 0.00303. The molecule has 9 nitrogen and oxygen atoms in total. The lowest BCUT2D eigenvalue weighted by molar-refractivity contribution is -0.00805. The van der Waals surface area contributed by atoms with Crippen molar-refractivity contribution in [3.8, 4) is 5.69 Å². The third-order valence-electron chi connectivity index (χ3n) is 4.83. The molecule has 152 valence electrons. The lowest BCUT2D eigenvalue weighted by atomic mass is 10.1. The van der Waals surface area contributed by atoms with Gasteiger partial charge >= 0.3 is 0 Å². The van der Waals surface area contributed by atoms with Gasteiger partial charge in [0.25, 0.3) is 0 Å². The average Bonchev–Trinajstić information content (AvgIpc) is 3.44. The maximum absolute atomic E-state index is 5.96. The Morgan fingerprint density at radius 3 is 2.83 bits per heavy atom. The molecule has 1 atom stereocenters. The fourth-order valence-corrected chi connectivity index (χ4v) is 3.34. The molecule has 2 aromatic heterocycles. The number of guanidine groups is 1. The standard InChI is InChI=1S/C20H26N8O/c1-3-22-20(27-8-9-29-19(13-27)17-11-24-26(2)12-17)23-10-16-4-6-18(7-5-16)28-15-21-14-25-28/h4-7,11-12,14-15,19H,3,8-10,13H2,1-2H3,(H,22,23). The third kappa shape index (κ3) is 4.62. The van der Waals surface area contributed by atoms with E-state index >= 15 is 0 Å². The SMILES string of the molecule is CCNC(=NCc1ccc(-n2cncn2)cc1)N1CCOC(c2cnn(C)c2)C1. The molecule has 1 aliphatic heterocycles. The summed E-state index contributed by atoms with van der Waals surface area (Å²) in [6.07, 6.45) is 7.10. The number of hydrogen-bond donors (Lipinski definition) is 1. The van der Waals surface area contributed by atoms with E-state index in [0.29, 0.717) is 13.2 Å². The quantitative estimate of drug-likeness (QED) is 0.522. The van der Waals surface area contributed by atoms with Gasteiger partial charge in [-0.2, -0.15) is 10.2 Å². The van der Waals surface area contributed by atoms with Crippen LogP contribution in [0.25, 0.3) is 5.69 Å². The zero-order chi connectivity index (χ0) is 20.1. The first-order chi connectivity index (χ1) is 14.2. The van der Waals surface area contributed by atoms with Gasteiger partial charge in [0.05, 0.1) is 31.6 Å². The summed E-state index contributed by atoms with van der Waals surface area (Å²) in [5.41, 5.74) is 3.22. The van der Waals surface area contributed by atoms with Crippen LogP contribution in [0.15, 0.2) is 54.3 Å². The van der Waals surface area contributed by atoms with E-state index in [-0.39, 0.29) is 6.10 Å². The van der Waals surface area contributed by atoms with Crippen molar-refractivity contribution in [3.05, 3.63) is 60.4 Å². The molecule has 1 unspecified atom stereocenters. The van der Waals surface area contributed by atoms with E-state index in [4.69, 9.17) is 9.73 Å². The van der Waals surface area contributed by atoms with Crippen LogP contribution >= 0.6 is 0 Å². The number of rotatable bonds is 5. The Hall–Kier alpha value is -3.20. The summed E-state index contributed by atoms with van der Waals surface area (Å²) in [4.78, 5) is 11.1. The lowest BCUT2D eigenvalue weighted by Crippen LogP contribution is -2.48. The molecule has 29 heavy (non-hydrogen) atoms. The Morgan fingerprint density at radius 1 is 1.28 bits per heavy atom. The molecule has 3 heterocycles. The second-order valence-electron chi connectivity index (χ2n) is 6.93. The van der Waals surface area contributed by atoms with Crippen LogP contribution in [0.4, 0.5) is 0 Å². The zero-order valence-electron chi connectivity index (χ0n) is 16.8. The van der Waals surface area contributed by atoms with Crippen LogP contribution < -0.4 is 5.32 Å². The van der Waals surface area contributed by atoms with Crippen LogP contribution in [0.3, 0.4) is 0 Å². The molecule has 1 aliphatic rings. The van der Waals surface area contributed by atoms with Crippen molar-refractivity contribution in [2.45, 2.75) is 19.6 Å². The van der Waals surface area contributed by atoms with Crippen LogP contribution in [-0.4, -0.2) is 61.6 Å². The molecule has 4 rings (SSSR count). The fraction of sp³-hybridized carbons (Fsp3) is 0.400. The van der Waals surface area contributed by atoms with E-state index in [1.54, 1.807) is 15.7 Å². The second-order valence-corrected chi connectivity index (χ2v) is 6.93. The van der Waals surface area contributed by atoms with Crippen molar-refractivity contribution in [3.63, 3.8) is 0 Å². The number of morpholine rings is 1.